The second-order valence-electron chi connectivity index (χ2n) is 10.2. The van der Waals surface area contributed by atoms with Crippen LogP contribution in [0.25, 0.3) is 0 Å². The maximum absolute atomic E-state index is 11.4. The van der Waals surface area contributed by atoms with Crippen LogP contribution in [0.1, 0.15) is 79.1 Å². The molecule has 0 amide bonds. The lowest BCUT2D eigenvalue weighted by molar-refractivity contribution is -0.158. The predicted molar refractivity (Wildman–Crippen MR) is 106 cm³/mol. The summed E-state index contributed by atoms with van der Waals surface area (Å²) in [5.74, 6) is 2.81. The summed E-state index contributed by atoms with van der Waals surface area (Å²) in [6.45, 7) is 8.42. The molecule has 0 aromatic carbocycles. The third kappa shape index (κ3) is 2.86. The van der Waals surface area contributed by atoms with Gasteiger partial charge in [-0.15, -0.1) is 0 Å². The average Bonchev–Trinajstić information content (AvgIpc) is 2.98. The first kappa shape index (κ1) is 19.0. The highest BCUT2D eigenvalue weighted by Crippen LogP contribution is 2.66. The normalized spacial score (nSPS) is 46.7. The quantitative estimate of drug-likeness (QED) is 0.307. The minimum Gasteiger partial charge on any atom is -0.463 e. The molecule has 7 atom stereocenters. The number of fused-ring (bicyclic) bond motifs is 5. The van der Waals surface area contributed by atoms with Crippen molar-refractivity contribution in [3.05, 3.63) is 11.6 Å². The highest BCUT2D eigenvalue weighted by atomic mass is 16.5. The molecule has 4 heteroatoms. The van der Waals surface area contributed by atoms with E-state index in [-0.39, 0.29) is 17.5 Å². The van der Waals surface area contributed by atoms with Crippen LogP contribution < -0.4 is 0 Å². The maximum Gasteiger partial charge on any atom is 0.302 e. The van der Waals surface area contributed by atoms with Crippen molar-refractivity contribution in [2.24, 2.45) is 39.7 Å². The van der Waals surface area contributed by atoms with Crippen LogP contribution >= 0.6 is 0 Å². The van der Waals surface area contributed by atoms with Crippen molar-refractivity contribution < 1.29 is 14.7 Å². The second-order valence-corrected chi connectivity index (χ2v) is 10.2. The monoisotopic (exact) mass is 373 g/mol. The Morgan fingerprint density at radius 3 is 2.63 bits per heavy atom. The zero-order chi connectivity index (χ0) is 19.4. The fraction of sp³-hybridized carbons (Fsp3) is 0.826. The summed E-state index contributed by atoms with van der Waals surface area (Å²) in [5, 5.41) is 12.9. The molecule has 3 fully saturated rings. The molecule has 0 saturated heterocycles. The van der Waals surface area contributed by atoms with Crippen LogP contribution in [0.4, 0.5) is 0 Å². The topological polar surface area (TPSA) is 58.9 Å². The Hall–Kier alpha value is -1.32. The van der Waals surface area contributed by atoms with Crippen molar-refractivity contribution in [1.29, 1.82) is 0 Å². The van der Waals surface area contributed by atoms with E-state index >= 15 is 0 Å². The highest BCUT2D eigenvalue weighted by Gasteiger charge is 2.59. The summed E-state index contributed by atoms with van der Waals surface area (Å²) in [4.78, 5) is 11.4. The molecule has 27 heavy (non-hydrogen) atoms. The smallest absolute Gasteiger partial charge is 0.302 e. The summed E-state index contributed by atoms with van der Waals surface area (Å²) in [6.07, 6.45) is 11.9. The lowest BCUT2D eigenvalue weighted by atomic mass is 9.44. The number of esters is 1. The number of rotatable bonds is 2. The van der Waals surface area contributed by atoms with Crippen molar-refractivity contribution >= 4 is 11.7 Å². The van der Waals surface area contributed by atoms with Gasteiger partial charge in [-0.2, -0.15) is 0 Å². The van der Waals surface area contributed by atoms with E-state index in [2.05, 4.69) is 25.1 Å². The van der Waals surface area contributed by atoms with Gasteiger partial charge in [0, 0.05) is 6.92 Å². The van der Waals surface area contributed by atoms with Crippen molar-refractivity contribution in [1.82, 2.24) is 0 Å². The summed E-state index contributed by atoms with van der Waals surface area (Å²) in [7, 11) is 0. The Morgan fingerprint density at radius 1 is 1.15 bits per heavy atom. The molecule has 3 saturated carbocycles. The van der Waals surface area contributed by atoms with Crippen molar-refractivity contribution in [2.45, 2.75) is 85.2 Å². The van der Waals surface area contributed by atoms with Crippen molar-refractivity contribution in [2.75, 3.05) is 0 Å². The molecule has 4 aliphatic carbocycles. The van der Waals surface area contributed by atoms with E-state index in [0.717, 1.165) is 36.8 Å². The third-order valence-electron chi connectivity index (χ3n) is 9.07. The third-order valence-corrected chi connectivity index (χ3v) is 9.07. The minimum atomic E-state index is -0.129. The molecule has 0 aliphatic heterocycles. The molecule has 150 valence electrons. The van der Waals surface area contributed by atoms with Gasteiger partial charge >= 0.3 is 5.97 Å². The molecule has 4 nitrogen and oxygen atoms in total. The fourth-order valence-electron chi connectivity index (χ4n) is 7.74. The van der Waals surface area contributed by atoms with Crippen LogP contribution in [0, 0.1) is 34.5 Å². The maximum atomic E-state index is 11.4. The van der Waals surface area contributed by atoms with Crippen LogP contribution in [-0.4, -0.2) is 23.0 Å². The largest absolute Gasteiger partial charge is 0.463 e. The molecule has 0 aromatic rings. The van der Waals surface area contributed by atoms with E-state index in [1.165, 1.54) is 44.6 Å². The summed E-state index contributed by atoms with van der Waals surface area (Å²) >= 11 is 0. The Bertz CT molecular complexity index is 683. The SMILES string of the molecule is CC(=O)O[C@H]1CC[C@@]2(C)[C@@H](CC[C@H]3[C@H]2CC[C@@]2(C)C(/C(C)=N/O)=CC[C@H]32)C1. The number of hydrogen-bond donors (Lipinski definition) is 1. The standard InChI is InChI=1S/C23H35NO3/c1-14(24-26)19-7-8-20-18-6-5-16-13-17(27-15(2)25)9-11-22(16,3)21(18)10-12-23(19,20)4/h7,16-18,20-21,26H,5-6,8-13H2,1-4H3/b24-14+/t16-,17-,18+,20+,21+,22-,23-/m0/s1. The molecule has 0 aromatic heterocycles. The minimum absolute atomic E-state index is 0.129. The lowest BCUT2D eigenvalue weighted by Gasteiger charge is -2.60. The number of ether oxygens (including phenoxy) is 1. The van der Waals surface area contributed by atoms with E-state index in [0.29, 0.717) is 17.3 Å². The first-order chi connectivity index (χ1) is 12.8. The molecular formula is C23H35NO3. The Labute approximate surface area is 163 Å². The molecule has 4 aliphatic rings. The number of carbonyl (C=O) groups excluding carboxylic acids is 1. The van der Waals surface area contributed by atoms with E-state index < -0.39 is 0 Å². The van der Waals surface area contributed by atoms with Gasteiger partial charge < -0.3 is 9.94 Å². The first-order valence-electron chi connectivity index (χ1n) is 10.9. The number of carbonyl (C=O) groups is 1. The fourth-order valence-corrected chi connectivity index (χ4v) is 7.74. The van der Waals surface area contributed by atoms with Crippen LogP contribution in [0.5, 0.6) is 0 Å². The van der Waals surface area contributed by atoms with Gasteiger partial charge in [-0.25, -0.2) is 0 Å². The van der Waals surface area contributed by atoms with Crippen molar-refractivity contribution in [3.8, 4) is 0 Å². The van der Waals surface area contributed by atoms with Gasteiger partial charge in [-0.1, -0.05) is 25.1 Å². The van der Waals surface area contributed by atoms with Gasteiger partial charge in [0.1, 0.15) is 6.10 Å². The van der Waals surface area contributed by atoms with Gasteiger partial charge in [0.05, 0.1) is 5.71 Å². The summed E-state index contributed by atoms with van der Waals surface area (Å²) < 4.78 is 5.58. The Kier molecular flexibility index (Phi) is 4.67. The van der Waals surface area contributed by atoms with Crippen LogP contribution in [0.2, 0.25) is 0 Å². The molecule has 0 spiro atoms. The molecule has 4 rings (SSSR count). The average molecular weight is 374 g/mol. The molecule has 0 heterocycles. The summed E-state index contributed by atoms with van der Waals surface area (Å²) in [6, 6.07) is 0. The number of hydrogen-bond acceptors (Lipinski definition) is 4. The van der Waals surface area contributed by atoms with E-state index in [9.17, 15) is 10.0 Å². The first-order valence-corrected chi connectivity index (χ1v) is 10.9. The highest BCUT2D eigenvalue weighted by molar-refractivity contribution is 5.99. The van der Waals surface area contributed by atoms with Gasteiger partial charge in [0.15, 0.2) is 0 Å². The second kappa shape index (κ2) is 6.63. The van der Waals surface area contributed by atoms with Gasteiger partial charge in [-0.3, -0.25) is 4.79 Å². The zero-order valence-corrected chi connectivity index (χ0v) is 17.3. The lowest BCUT2D eigenvalue weighted by Crippen LogP contribution is -2.54. The van der Waals surface area contributed by atoms with Gasteiger partial charge in [-0.05, 0) is 98.4 Å². The predicted octanol–water partition coefficient (Wildman–Crippen LogP) is 5.35. The van der Waals surface area contributed by atoms with Gasteiger partial charge in [0.2, 0.25) is 0 Å². The summed E-state index contributed by atoms with van der Waals surface area (Å²) in [5.41, 5.74) is 2.67. The molecular weight excluding hydrogens is 338 g/mol. The Morgan fingerprint density at radius 2 is 1.93 bits per heavy atom. The van der Waals surface area contributed by atoms with Crippen LogP contribution in [0.15, 0.2) is 16.8 Å². The van der Waals surface area contributed by atoms with E-state index in [1.54, 1.807) is 0 Å². The van der Waals surface area contributed by atoms with Crippen LogP contribution in [-0.2, 0) is 9.53 Å². The molecule has 1 N–H and O–H groups in total. The number of oxime groups is 1. The zero-order valence-electron chi connectivity index (χ0n) is 17.3. The van der Waals surface area contributed by atoms with E-state index in [1.807, 2.05) is 6.92 Å². The molecule has 0 radical (unpaired) electrons. The molecule has 0 unspecified atom stereocenters. The van der Waals surface area contributed by atoms with Crippen LogP contribution in [0.3, 0.4) is 0 Å². The number of allylic oxidation sites excluding steroid dienone is 2. The number of nitrogens with zero attached hydrogens (tertiary/aromatic N) is 1. The molecule has 0 bridgehead atoms. The van der Waals surface area contributed by atoms with Gasteiger partial charge in [0.25, 0.3) is 0 Å². The van der Waals surface area contributed by atoms with Crippen molar-refractivity contribution in [3.63, 3.8) is 0 Å². The van der Waals surface area contributed by atoms with E-state index in [4.69, 9.17) is 4.74 Å². The Balaban J connectivity index is 1.54.